The van der Waals surface area contributed by atoms with Crippen LogP contribution in [0.15, 0.2) is 40.8 Å². The number of hydrogen-bond donors (Lipinski definition) is 1. The van der Waals surface area contributed by atoms with E-state index in [9.17, 15) is 9.59 Å². The number of ether oxygens (including phenoxy) is 1. The van der Waals surface area contributed by atoms with E-state index in [4.69, 9.17) is 9.15 Å². The molecule has 1 aliphatic rings. The lowest BCUT2D eigenvalue weighted by Gasteiger charge is -2.19. The van der Waals surface area contributed by atoms with E-state index in [0.29, 0.717) is 22.6 Å². The third-order valence-electron chi connectivity index (χ3n) is 5.48. The van der Waals surface area contributed by atoms with Crippen LogP contribution in [-0.2, 0) is 0 Å². The van der Waals surface area contributed by atoms with E-state index >= 15 is 0 Å². The molecule has 1 aromatic heterocycles. The Labute approximate surface area is 169 Å². The van der Waals surface area contributed by atoms with Crippen molar-refractivity contribution in [3.8, 4) is 5.75 Å². The summed E-state index contributed by atoms with van der Waals surface area (Å²) in [6, 6.07) is 10.9. The van der Waals surface area contributed by atoms with Gasteiger partial charge in [-0.15, -0.1) is 0 Å². The molecule has 2 heterocycles. The Morgan fingerprint density at radius 1 is 1.10 bits per heavy atom. The zero-order valence-corrected chi connectivity index (χ0v) is 16.9. The summed E-state index contributed by atoms with van der Waals surface area (Å²) < 4.78 is 11.1. The van der Waals surface area contributed by atoms with Crippen LogP contribution in [0.2, 0.25) is 0 Å². The molecule has 6 nitrogen and oxygen atoms in total. The minimum atomic E-state index is -0.373. The Morgan fingerprint density at radius 2 is 1.86 bits per heavy atom. The normalized spacial score (nSPS) is 13.7. The molecule has 0 unspecified atom stereocenters. The smallest absolute Gasteiger partial charge is 0.291 e. The van der Waals surface area contributed by atoms with Crippen LogP contribution in [-0.4, -0.2) is 36.9 Å². The van der Waals surface area contributed by atoms with E-state index in [2.05, 4.69) is 5.32 Å². The number of carbonyl (C=O) groups is 2. The van der Waals surface area contributed by atoms with Crippen molar-refractivity contribution >= 4 is 28.5 Å². The minimum absolute atomic E-state index is 0.0486. The number of nitrogens with zero attached hydrogens (tertiary/aromatic N) is 1. The number of anilines is 1. The predicted molar refractivity (Wildman–Crippen MR) is 112 cm³/mol. The van der Waals surface area contributed by atoms with Crippen molar-refractivity contribution in [2.75, 3.05) is 25.5 Å². The van der Waals surface area contributed by atoms with Gasteiger partial charge in [0.2, 0.25) is 0 Å². The van der Waals surface area contributed by atoms with Crippen LogP contribution >= 0.6 is 0 Å². The number of amides is 2. The summed E-state index contributed by atoms with van der Waals surface area (Å²) in [5.41, 5.74) is 3.23. The maximum atomic E-state index is 13.0. The molecular weight excluding hydrogens is 368 g/mol. The summed E-state index contributed by atoms with van der Waals surface area (Å²) in [6.45, 7) is 5.23. The monoisotopic (exact) mass is 392 g/mol. The number of para-hydroxylation sites is 1. The second kappa shape index (κ2) is 7.62. The molecule has 1 fully saturated rings. The minimum Gasteiger partial charge on any atom is -0.497 e. The Kier molecular flexibility index (Phi) is 5.01. The number of methoxy groups -OCH3 is 1. The number of carbonyl (C=O) groups excluding carboxylic acids is 2. The van der Waals surface area contributed by atoms with E-state index in [-0.39, 0.29) is 17.6 Å². The van der Waals surface area contributed by atoms with Crippen LogP contribution in [0.25, 0.3) is 11.0 Å². The van der Waals surface area contributed by atoms with Crippen molar-refractivity contribution < 1.29 is 18.7 Å². The zero-order valence-electron chi connectivity index (χ0n) is 16.9. The van der Waals surface area contributed by atoms with Gasteiger partial charge in [0.1, 0.15) is 11.3 Å². The second-order valence-corrected chi connectivity index (χ2v) is 7.37. The van der Waals surface area contributed by atoms with E-state index in [0.717, 1.165) is 42.4 Å². The molecule has 0 spiro atoms. The van der Waals surface area contributed by atoms with Gasteiger partial charge >= 0.3 is 0 Å². The molecule has 2 aromatic carbocycles. The fourth-order valence-corrected chi connectivity index (χ4v) is 3.82. The first-order chi connectivity index (χ1) is 14.0. The van der Waals surface area contributed by atoms with Gasteiger partial charge in [-0.2, -0.15) is 0 Å². The first kappa shape index (κ1) is 19.1. The lowest BCUT2D eigenvalue weighted by molar-refractivity contribution is 0.0793. The number of aryl methyl sites for hydroxylation is 2. The molecule has 0 saturated carbocycles. The van der Waals surface area contributed by atoms with Crippen molar-refractivity contribution in [2.45, 2.75) is 26.7 Å². The van der Waals surface area contributed by atoms with Crippen LogP contribution in [0.3, 0.4) is 0 Å². The highest BCUT2D eigenvalue weighted by Gasteiger charge is 2.25. The number of furan rings is 1. The van der Waals surface area contributed by atoms with E-state index < -0.39 is 0 Å². The first-order valence-corrected chi connectivity index (χ1v) is 9.77. The molecular formula is C23H24N2O4. The van der Waals surface area contributed by atoms with Gasteiger partial charge in [0, 0.05) is 24.0 Å². The lowest BCUT2D eigenvalue weighted by Crippen LogP contribution is -2.29. The third kappa shape index (κ3) is 3.46. The summed E-state index contributed by atoms with van der Waals surface area (Å²) in [4.78, 5) is 27.8. The van der Waals surface area contributed by atoms with Crippen LogP contribution in [0.5, 0.6) is 5.75 Å². The molecule has 1 saturated heterocycles. The quantitative estimate of drug-likeness (QED) is 0.707. The van der Waals surface area contributed by atoms with Crippen LogP contribution < -0.4 is 10.1 Å². The van der Waals surface area contributed by atoms with Gasteiger partial charge in [-0.3, -0.25) is 9.59 Å². The standard InChI is InChI=1S/C23H24N2O4/c1-14-7-6-8-17(23(27)25-11-4-5-12-25)20(14)24-22(26)21-15(2)18-13-16(28-3)9-10-19(18)29-21/h6-10,13H,4-5,11-12H2,1-3H3,(H,24,26). The summed E-state index contributed by atoms with van der Waals surface area (Å²) in [5.74, 6) is 0.511. The van der Waals surface area contributed by atoms with Crippen molar-refractivity contribution in [3.05, 3.63) is 58.8 Å². The number of benzene rings is 2. The Bertz CT molecular complexity index is 1090. The third-order valence-corrected chi connectivity index (χ3v) is 5.48. The number of nitrogens with one attached hydrogen (secondary N) is 1. The summed E-state index contributed by atoms with van der Waals surface area (Å²) in [6.07, 6.45) is 2.03. The largest absolute Gasteiger partial charge is 0.497 e. The molecule has 6 heteroatoms. The van der Waals surface area contributed by atoms with Gasteiger partial charge in [0.15, 0.2) is 5.76 Å². The fraction of sp³-hybridized carbons (Fsp3) is 0.304. The number of rotatable bonds is 4. The van der Waals surface area contributed by atoms with Crippen molar-refractivity contribution in [3.63, 3.8) is 0 Å². The maximum Gasteiger partial charge on any atom is 0.291 e. The van der Waals surface area contributed by atoms with Gasteiger partial charge < -0.3 is 19.4 Å². The molecule has 0 atom stereocenters. The molecule has 29 heavy (non-hydrogen) atoms. The molecule has 1 aliphatic heterocycles. The molecule has 3 aromatic rings. The molecule has 0 bridgehead atoms. The summed E-state index contributed by atoms with van der Waals surface area (Å²) in [5, 5.41) is 3.74. The van der Waals surface area contributed by atoms with Gasteiger partial charge in [-0.1, -0.05) is 12.1 Å². The van der Waals surface area contributed by atoms with E-state index in [1.54, 1.807) is 25.3 Å². The molecule has 0 aliphatic carbocycles. The summed E-state index contributed by atoms with van der Waals surface area (Å²) in [7, 11) is 1.60. The SMILES string of the molecule is COc1ccc2oc(C(=O)Nc3c(C)cccc3C(=O)N3CCCC3)c(C)c2c1. The Hall–Kier alpha value is -3.28. The summed E-state index contributed by atoms with van der Waals surface area (Å²) >= 11 is 0. The predicted octanol–water partition coefficient (Wildman–Crippen LogP) is 4.55. The number of hydrogen-bond acceptors (Lipinski definition) is 4. The first-order valence-electron chi connectivity index (χ1n) is 9.77. The van der Waals surface area contributed by atoms with Crippen LogP contribution in [0.1, 0.15) is 44.9 Å². The highest BCUT2D eigenvalue weighted by atomic mass is 16.5. The van der Waals surface area contributed by atoms with Crippen LogP contribution in [0.4, 0.5) is 5.69 Å². The van der Waals surface area contributed by atoms with Crippen molar-refractivity contribution in [2.24, 2.45) is 0 Å². The van der Waals surface area contributed by atoms with Gasteiger partial charge in [0.25, 0.3) is 11.8 Å². The maximum absolute atomic E-state index is 13.0. The molecule has 4 rings (SSSR count). The Morgan fingerprint density at radius 3 is 2.59 bits per heavy atom. The topological polar surface area (TPSA) is 71.8 Å². The second-order valence-electron chi connectivity index (χ2n) is 7.37. The Balaban J connectivity index is 1.68. The molecule has 0 radical (unpaired) electrons. The highest BCUT2D eigenvalue weighted by molar-refractivity contribution is 6.10. The number of likely N-dealkylation sites (tertiary alicyclic amines) is 1. The van der Waals surface area contributed by atoms with Crippen molar-refractivity contribution in [1.82, 2.24) is 4.90 Å². The lowest BCUT2D eigenvalue weighted by atomic mass is 10.1. The molecule has 1 N–H and O–H groups in total. The van der Waals surface area contributed by atoms with Gasteiger partial charge in [0.05, 0.1) is 18.4 Å². The average Bonchev–Trinajstić information content (AvgIpc) is 3.37. The van der Waals surface area contributed by atoms with E-state index in [1.807, 2.05) is 36.9 Å². The fourth-order valence-electron chi connectivity index (χ4n) is 3.82. The highest BCUT2D eigenvalue weighted by Crippen LogP contribution is 2.30. The molecule has 150 valence electrons. The molecule has 2 amide bonds. The van der Waals surface area contributed by atoms with Crippen LogP contribution in [0, 0.1) is 13.8 Å². The van der Waals surface area contributed by atoms with Crippen molar-refractivity contribution in [1.29, 1.82) is 0 Å². The van der Waals surface area contributed by atoms with Gasteiger partial charge in [-0.25, -0.2) is 0 Å². The zero-order chi connectivity index (χ0) is 20.5. The van der Waals surface area contributed by atoms with E-state index in [1.165, 1.54) is 0 Å². The number of fused-ring (bicyclic) bond motifs is 1. The van der Waals surface area contributed by atoms with Gasteiger partial charge in [-0.05, 0) is 56.5 Å². The average molecular weight is 392 g/mol.